The van der Waals surface area contributed by atoms with Crippen molar-refractivity contribution < 1.29 is 9.63 Å². The Labute approximate surface area is 115 Å². The molecule has 2 aromatic carbocycles. The first-order chi connectivity index (χ1) is 9.70. The third kappa shape index (κ3) is 3.21. The average molecular weight is 265 g/mol. The van der Waals surface area contributed by atoms with Gasteiger partial charge in [0, 0.05) is 5.56 Å². The smallest absolute Gasteiger partial charge is 0.365 e. The van der Waals surface area contributed by atoms with Crippen molar-refractivity contribution in [2.24, 2.45) is 10.9 Å². The predicted molar refractivity (Wildman–Crippen MR) is 73.7 cm³/mol. The second-order valence-electron chi connectivity index (χ2n) is 3.91. The normalized spacial score (nSPS) is 10.7. The van der Waals surface area contributed by atoms with Crippen LogP contribution in [0.3, 0.4) is 0 Å². The Morgan fingerprint density at radius 1 is 1.10 bits per heavy atom. The maximum absolute atomic E-state index is 11.8. The molecule has 0 heterocycles. The minimum Gasteiger partial charge on any atom is -0.380 e. The summed E-state index contributed by atoms with van der Waals surface area (Å²) in [7, 11) is 0. The van der Waals surface area contributed by atoms with E-state index in [1.807, 2.05) is 12.1 Å². The molecule has 0 unspecified atom stereocenters. The maximum Gasteiger partial charge on any atom is 0.365 e. The summed E-state index contributed by atoms with van der Waals surface area (Å²) in [4.78, 5) is 16.5. The van der Waals surface area contributed by atoms with Crippen molar-refractivity contribution in [1.82, 2.24) is 0 Å². The molecule has 2 aromatic rings. The first-order valence-electron chi connectivity index (χ1n) is 5.81. The number of amidine groups is 1. The molecule has 0 aromatic heterocycles. The van der Waals surface area contributed by atoms with Gasteiger partial charge >= 0.3 is 5.97 Å². The van der Waals surface area contributed by atoms with E-state index < -0.39 is 5.97 Å². The number of hydrogen-bond acceptors (Lipinski definition) is 4. The standard InChI is InChI=1S/C15H11N3O2/c16-10-11-5-4-8-13(9-11)15(19)20-18-14(17)12-6-2-1-3-7-12/h1-9H,(H2,17,18). The summed E-state index contributed by atoms with van der Waals surface area (Å²) in [5, 5.41) is 12.3. The summed E-state index contributed by atoms with van der Waals surface area (Å²) in [6.07, 6.45) is 0. The number of carbonyl (C=O) groups excluding carboxylic acids is 1. The number of rotatable bonds is 3. The summed E-state index contributed by atoms with van der Waals surface area (Å²) in [5.74, 6) is -0.559. The van der Waals surface area contributed by atoms with Crippen LogP contribution in [0, 0.1) is 11.3 Å². The Bertz CT molecular complexity index is 688. The summed E-state index contributed by atoms with van der Waals surface area (Å²) in [6.45, 7) is 0. The van der Waals surface area contributed by atoms with Gasteiger partial charge in [0.05, 0.1) is 17.2 Å². The molecule has 0 saturated heterocycles. The zero-order valence-electron chi connectivity index (χ0n) is 10.5. The van der Waals surface area contributed by atoms with Gasteiger partial charge in [-0.25, -0.2) is 4.79 Å². The van der Waals surface area contributed by atoms with Gasteiger partial charge in [-0.1, -0.05) is 41.6 Å². The molecule has 98 valence electrons. The summed E-state index contributed by atoms with van der Waals surface area (Å²) in [6, 6.07) is 17.1. The third-order valence-electron chi connectivity index (χ3n) is 2.52. The molecular formula is C15H11N3O2. The van der Waals surface area contributed by atoms with Gasteiger partial charge in [0.15, 0.2) is 5.84 Å². The number of carbonyl (C=O) groups is 1. The van der Waals surface area contributed by atoms with Crippen LogP contribution in [-0.2, 0) is 4.84 Å². The van der Waals surface area contributed by atoms with Crippen molar-refractivity contribution in [3.8, 4) is 6.07 Å². The number of oxime groups is 1. The highest BCUT2D eigenvalue weighted by Gasteiger charge is 2.08. The molecule has 20 heavy (non-hydrogen) atoms. The fraction of sp³-hybridized carbons (Fsp3) is 0. The molecule has 0 aliphatic heterocycles. The highest BCUT2D eigenvalue weighted by Crippen LogP contribution is 2.06. The van der Waals surface area contributed by atoms with Gasteiger partial charge in [0.25, 0.3) is 0 Å². The molecule has 0 aliphatic rings. The Morgan fingerprint density at radius 2 is 1.80 bits per heavy atom. The Balaban J connectivity index is 2.10. The van der Waals surface area contributed by atoms with E-state index in [2.05, 4.69) is 5.16 Å². The first-order valence-corrected chi connectivity index (χ1v) is 5.81. The average Bonchev–Trinajstić information content (AvgIpc) is 2.53. The highest BCUT2D eigenvalue weighted by molar-refractivity contribution is 5.98. The zero-order chi connectivity index (χ0) is 14.4. The lowest BCUT2D eigenvalue weighted by Crippen LogP contribution is -2.15. The van der Waals surface area contributed by atoms with E-state index in [9.17, 15) is 4.79 Å². The van der Waals surface area contributed by atoms with Crippen LogP contribution in [0.4, 0.5) is 0 Å². The first kappa shape index (κ1) is 13.3. The fourth-order valence-electron chi connectivity index (χ4n) is 1.52. The number of nitriles is 1. The second-order valence-corrected chi connectivity index (χ2v) is 3.91. The fourth-order valence-corrected chi connectivity index (χ4v) is 1.52. The van der Waals surface area contributed by atoms with Crippen LogP contribution < -0.4 is 5.73 Å². The van der Waals surface area contributed by atoms with Gasteiger partial charge < -0.3 is 10.6 Å². The highest BCUT2D eigenvalue weighted by atomic mass is 16.7. The second kappa shape index (κ2) is 6.16. The van der Waals surface area contributed by atoms with Crippen molar-refractivity contribution in [3.63, 3.8) is 0 Å². The largest absolute Gasteiger partial charge is 0.380 e. The molecule has 2 rings (SSSR count). The maximum atomic E-state index is 11.8. The van der Waals surface area contributed by atoms with E-state index in [1.54, 1.807) is 36.4 Å². The molecule has 0 amide bonds. The SMILES string of the molecule is N#Cc1cccc(C(=O)O/N=C(\N)c2ccccc2)c1. The Kier molecular flexibility index (Phi) is 4.10. The number of benzene rings is 2. The van der Waals surface area contributed by atoms with E-state index >= 15 is 0 Å². The summed E-state index contributed by atoms with van der Waals surface area (Å²) in [5.41, 5.74) is 6.97. The molecule has 0 aliphatic carbocycles. The van der Waals surface area contributed by atoms with Crippen molar-refractivity contribution in [2.45, 2.75) is 0 Å². The monoisotopic (exact) mass is 265 g/mol. The van der Waals surface area contributed by atoms with Gasteiger partial charge in [-0.2, -0.15) is 5.26 Å². The molecule has 0 saturated carbocycles. The molecular weight excluding hydrogens is 254 g/mol. The van der Waals surface area contributed by atoms with Gasteiger partial charge in [0.2, 0.25) is 0 Å². The van der Waals surface area contributed by atoms with Crippen LogP contribution in [0.2, 0.25) is 0 Å². The van der Waals surface area contributed by atoms with Crippen molar-refractivity contribution in [3.05, 3.63) is 71.3 Å². The lowest BCUT2D eigenvalue weighted by atomic mass is 10.1. The molecule has 0 fully saturated rings. The van der Waals surface area contributed by atoms with Crippen LogP contribution in [-0.4, -0.2) is 11.8 Å². The van der Waals surface area contributed by atoms with Gasteiger partial charge in [-0.05, 0) is 18.2 Å². The van der Waals surface area contributed by atoms with E-state index in [-0.39, 0.29) is 11.4 Å². The van der Waals surface area contributed by atoms with E-state index in [4.69, 9.17) is 15.8 Å². The lowest BCUT2D eigenvalue weighted by molar-refractivity contribution is 0.0516. The third-order valence-corrected chi connectivity index (χ3v) is 2.52. The number of hydrogen-bond donors (Lipinski definition) is 1. The van der Waals surface area contributed by atoms with Crippen LogP contribution in [0.5, 0.6) is 0 Å². The number of nitrogens with zero attached hydrogens (tertiary/aromatic N) is 2. The van der Waals surface area contributed by atoms with Crippen LogP contribution in [0.25, 0.3) is 0 Å². The minimum absolute atomic E-state index is 0.107. The molecule has 5 heteroatoms. The zero-order valence-corrected chi connectivity index (χ0v) is 10.5. The molecule has 5 nitrogen and oxygen atoms in total. The molecule has 0 spiro atoms. The van der Waals surface area contributed by atoms with Gasteiger partial charge in [0.1, 0.15) is 0 Å². The molecule has 0 radical (unpaired) electrons. The van der Waals surface area contributed by atoms with Crippen LogP contribution >= 0.6 is 0 Å². The molecule has 0 bridgehead atoms. The Hall–Kier alpha value is -3.13. The van der Waals surface area contributed by atoms with Crippen molar-refractivity contribution in [1.29, 1.82) is 5.26 Å². The summed E-state index contributed by atoms with van der Waals surface area (Å²) < 4.78 is 0. The molecule has 2 N–H and O–H groups in total. The Morgan fingerprint density at radius 3 is 2.50 bits per heavy atom. The predicted octanol–water partition coefficient (Wildman–Crippen LogP) is 2.04. The van der Waals surface area contributed by atoms with Crippen LogP contribution in [0.15, 0.2) is 59.8 Å². The van der Waals surface area contributed by atoms with Crippen molar-refractivity contribution >= 4 is 11.8 Å². The quantitative estimate of drug-likeness (QED) is 0.398. The minimum atomic E-state index is -0.666. The topological polar surface area (TPSA) is 88.5 Å². The number of nitrogens with two attached hydrogens (primary N) is 1. The van der Waals surface area contributed by atoms with Gasteiger partial charge in [-0.3, -0.25) is 0 Å². The van der Waals surface area contributed by atoms with E-state index in [0.29, 0.717) is 11.1 Å². The van der Waals surface area contributed by atoms with E-state index in [1.165, 1.54) is 12.1 Å². The van der Waals surface area contributed by atoms with Crippen molar-refractivity contribution in [2.75, 3.05) is 0 Å². The van der Waals surface area contributed by atoms with E-state index in [0.717, 1.165) is 0 Å². The van der Waals surface area contributed by atoms with Gasteiger partial charge in [-0.15, -0.1) is 0 Å². The summed E-state index contributed by atoms with van der Waals surface area (Å²) >= 11 is 0. The molecule has 0 atom stereocenters. The van der Waals surface area contributed by atoms with Crippen LogP contribution in [0.1, 0.15) is 21.5 Å². The lowest BCUT2D eigenvalue weighted by Gasteiger charge is -2.01.